The zero-order valence-electron chi connectivity index (χ0n) is 17.4. The number of aliphatic imine (C=N–C) groups is 1. The molecule has 1 fully saturated rings. The molecular formula is C22H22BrFN4O5. The number of hydrogen-bond acceptors (Lipinski definition) is 5. The van der Waals surface area contributed by atoms with E-state index in [1.54, 1.807) is 17.0 Å². The molecule has 1 aliphatic heterocycles. The molecule has 33 heavy (non-hydrogen) atoms. The van der Waals surface area contributed by atoms with Gasteiger partial charge in [0.2, 0.25) is 5.78 Å². The molecule has 0 aliphatic carbocycles. The first-order valence-corrected chi connectivity index (χ1v) is 10.9. The average Bonchev–Trinajstić information content (AvgIpc) is 2.83. The molecule has 2 amide bonds. The first kappa shape index (κ1) is 24.3. The number of likely N-dealkylation sites (tertiary alicyclic amines) is 1. The van der Waals surface area contributed by atoms with Crippen LogP contribution >= 0.6 is 15.9 Å². The lowest BCUT2D eigenvalue weighted by molar-refractivity contribution is -0.118. The van der Waals surface area contributed by atoms with Crippen molar-refractivity contribution in [3.05, 3.63) is 63.9 Å². The number of aromatic carboxylic acids is 1. The van der Waals surface area contributed by atoms with Crippen LogP contribution in [0.4, 0.5) is 14.9 Å². The van der Waals surface area contributed by atoms with Gasteiger partial charge in [-0.1, -0.05) is 12.1 Å². The number of carboxylic acid groups (broad SMARTS) is 1. The lowest BCUT2D eigenvalue weighted by atomic mass is 9.92. The first-order valence-electron chi connectivity index (χ1n) is 10.1. The molecule has 1 heterocycles. The molecule has 0 atom stereocenters. The Morgan fingerprint density at radius 1 is 1.12 bits per heavy atom. The molecule has 4 N–H and O–H groups in total. The number of nitrogens with zero attached hydrogens (tertiary/aromatic N) is 2. The second-order valence-electron chi connectivity index (χ2n) is 7.46. The van der Waals surface area contributed by atoms with Crippen LogP contribution < -0.4 is 10.8 Å². The zero-order chi connectivity index (χ0) is 24.0. The number of urea groups is 1. The van der Waals surface area contributed by atoms with Crippen molar-refractivity contribution in [1.29, 1.82) is 0 Å². The fourth-order valence-electron chi connectivity index (χ4n) is 3.41. The average molecular weight is 521 g/mol. The normalized spacial score (nSPS) is 14.6. The molecule has 0 radical (unpaired) electrons. The lowest BCUT2D eigenvalue weighted by Gasteiger charge is -2.31. The van der Waals surface area contributed by atoms with Gasteiger partial charge in [-0.15, -0.1) is 0 Å². The molecule has 0 unspecified atom stereocenters. The number of nitrogens with one attached hydrogen (secondary N) is 2. The van der Waals surface area contributed by atoms with Gasteiger partial charge in [0.1, 0.15) is 5.82 Å². The minimum absolute atomic E-state index is 0.171. The summed E-state index contributed by atoms with van der Waals surface area (Å²) in [6.07, 6.45) is 0.792. The quantitative estimate of drug-likeness (QED) is 0.262. The smallest absolute Gasteiger partial charge is 0.335 e. The molecule has 0 saturated carbocycles. The van der Waals surface area contributed by atoms with E-state index >= 15 is 0 Å². The van der Waals surface area contributed by atoms with Crippen LogP contribution in [0.1, 0.15) is 28.8 Å². The Bertz CT molecular complexity index is 1070. The van der Waals surface area contributed by atoms with Gasteiger partial charge in [0.25, 0.3) is 0 Å². The Hall–Kier alpha value is -3.31. The maximum Gasteiger partial charge on any atom is 0.335 e. The summed E-state index contributed by atoms with van der Waals surface area (Å²) in [4.78, 5) is 41.7. The van der Waals surface area contributed by atoms with Crippen LogP contribution in [0.2, 0.25) is 0 Å². The number of benzene rings is 2. The van der Waals surface area contributed by atoms with Crippen molar-refractivity contribution in [3.63, 3.8) is 0 Å². The number of carbonyl (C=O) groups is 3. The van der Waals surface area contributed by atoms with Gasteiger partial charge in [-0.2, -0.15) is 0 Å². The summed E-state index contributed by atoms with van der Waals surface area (Å²) >= 11 is 3.05. The highest BCUT2D eigenvalue weighted by Crippen LogP contribution is 2.24. The number of amides is 2. The van der Waals surface area contributed by atoms with E-state index in [-0.39, 0.29) is 28.4 Å². The number of hydroxylamine groups is 1. The Morgan fingerprint density at radius 2 is 1.79 bits per heavy atom. The van der Waals surface area contributed by atoms with Crippen LogP contribution in [0.15, 0.2) is 51.9 Å². The molecule has 9 nitrogen and oxygen atoms in total. The van der Waals surface area contributed by atoms with Gasteiger partial charge in [0, 0.05) is 25.6 Å². The number of halogens is 2. The number of rotatable bonds is 6. The summed E-state index contributed by atoms with van der Waals surface area (Å²) in [5.41, 5.74) is 3.05. The van der Waals surface area contributed by atoms with Gasteiger partial charge in [-0.25, -0.2) is 24.5 Å². The monoisotopic (exact) mass is 520 g/mol. The van der Waals surface area contributed by atoms with Gasteiger partial charge in [-0.05, 0) is 64.7 Å². The summed E-state index contributed by atoms with van der Waals surface area (Å²) in [6, 6.07) is 9.90. The number of hydrogen-bond donors (Lipinski definition) is 4. The van der Waals surface area contributed by atoms with E-state index in [0.29, 0.717) is 31.6 Å². The maximum atomic E-state index is 13.4. The molecule has 0 aromatic heterocycles. The minimum atomic E-state index is -1.02. The lowest BCUT2D eigenvalue weighted by Crippen LogP contribution is -2.46. The predicted octanol–water partition coefficient (Wildman–Crippen LogP) is 3.49. The second-order valence-corrected chi connectivity index (χ2v) is 8.31. The Kier molecular flexibility index (Phi) is 8.12. The van der Waals surface area contributed by atoms with E-state index in [4.69, 9.17) is 5.11 Å². The van der Waals surface area contributed by atoms with Crippen molar-refractivity contribution in [2.45, 2.75) is 19.4 Å². The fourth-order valence-corrected chi connectivity index (χ4v) is 3.78. The zero-order valence-corrected chi connectivity index (χ0v) is 19.0. The van der Waals surface area contributed by atoms with Gasteiger partial charge in [0.15, 0.2) is 5.84 Å². The first-order chi connectivity index (χ1) is 15.8. The third-order valence-electron chi connectivity index (χ3n) is 5.28. The predicted molar refractivity (Wildman–Crippen MR) is 121 cm³/mol. The SMILES string of the molecule is O=C(O)c1ccc(CNC(=O)N2CCC(C(=O)C(=Nc3ccc(F)c(Br)c3)NO)CC2)cc1. The Balaban J connectivity index is 1.52. The van der Waals surface area contributed by atoms with Crippen LogP contribution in [0, 0.1) is 11.7 Å². The summed E-state index contributed by atoms with van der Waals surface area (Å²) in [5, 5.41) is 21.1. The van der Waals surface area contributed by atoms with E-state index < -0.39 is 23.5 Å². The maximum absolute atomic E-state index is 13.4. The van der Waals surface area contributed by atoms with E-state index in [2.05, 4.69) is 26.2 Å². The summed E-state index contributed by atoms with van der Waals surface area (Å²) in [5.74, 6) is -2.56. The van der Waals surface area contributed by atoms with Crippen molar-refractivity contribution >= 4 is 45.2 Å². The van der Waals surface area contributed by atoms with E-state index in [0.717, 1.165) is 5.56 Å². The van der Waals surface area contributed by atoms with Crippen molar-refractivity contribution in [1.82, 2.24) is 15.7 Å². The largest absolute Gasteiger partial charge is 0.478 e. The molecule has 2 aromatic rings. The number of ketones is 1. The van der Waals surface area contributed by atoms with E-state index in [9.17, 15) is 24.0 Å². The Morgan fingerprint density at radius 3 is 2.36 bits per heavy atom. The number of carboxylic acids is 1. The highest BCUT2D eigenvalue weighted by atomic mass is 79.9. The number of carbonyl (C=O) groups excluding carboxylic acids is 2. The van der Waals surface area contributed by atoms with Crippen LogP contribution in [-0.4, -0.2) is 51.9 Å². The molecule has 1 aliphatic rings. The van der Waals surface area contributed by atoms with Crippen molar-refractivity contribution < 1.29 is 29.1 Å². The second kappa shape index (κ2) is 11.0. The van der Waals surface area contributed by atoms with Gasteiger partial charge in [-0.3, -0.25) is 10.0 Å². The summed E-state index contributed by atoms with van der Waals surface area (Å²) in [6.45, 7) is 0.943. The Labute approximate surface area is 197 Å². The molecule has 3 rings (SSSR count). The van der Waals surface area contributed by atoms with Gasteiger partial charge < -0.3 is 15.3 Å². The van der Waals surface area contributed by atoms with Crippen LogP contribution in [-0.2, 0) is 11.3 Å². The van der Waals surface area contributed by atoms with Crippen LogP contribution in [0.5, 0.6) is 0 Å². The number of Topliss-reactive ketones (excluding diaryl/α,β-unsaturated/α-hetero) is 1. The van der Waals surface area contributed by atoms with Crippen LogP contribution in [0.3, 0.4) is 0 Å². The molecular weight excluding hydrogens is 499 g/mol. The molecule has 0 spiro atoms. The van der Waals surface area contributed by atoms with Crippen LogP contribution in [0.25, 0.3) is 0 Å². The highest BCUT2D eigenvalue weighted by molar-refractivity contribution is 9.10. The number of amidine groups is 1. The van der Waals surface area contributed by atoms with Crippen molar-refractivity contribution in [3.8, 4) is 0 Å². The molecule has 174 valence electrons. The topological polar surface area (TPSA) is 131 Å². The molecule has 2 aromatic carbocycles. The third-order valence-corrected chi connectivity index (χ3v) is 5.89. The summed E-state index contributed by atoms with van der Waals surface area (Å²) in [7, 11) is 0. The third kappa shape index (κ3) is 6.36. The van der Waals surface area contributed by atoms with Gasteiger partial charge >= 0.3 is 12.0 Å². The standard InChI is InChI=1S/C22H22BrFN4O5/c23-17-11-16(5-6-18(17)24)26-20(27-33)19(29)14-7-9-28(10-8-14)22(32)25-12-13-1-3-15(4-2-13)21(30)31/h1-6,11,14,33H,7-10,12H2,(H,25,32)(H,26,27)(H,30,31). The number of piperidine rings is 1. The van der Waals surface area contributed by atoms with Crippen molar-refractivity contribution in [2.75, 3.05) is 13.1 Å². The summed E-state index contributed by atoms with van der Waals surface area (Å²) < 4.78 is 13.6. The van der Waals surface area contributed by atoms with E-state index in [1.165, 1.54) is 30.3 Å². The fraction of sp³-hybridized carbons (Fsp3) is 0.273. The minimum Gasteiger partial charge on any atom is -0.478 e. The molecule has 0 bridgehead atoms. The molecule has 1 saturated heterocycles. The highest BCUT2D eigenvalue weighted by Gasteiger charge is 2.30. The van der Waals surface area contributed by atoms with E-state index in [1.807, 2.05) is 5.48 Å². The van der Waals surface area contributed by atoms with Crippen molar-refractivity contribution in [2.24, 2.45) is 10.9 Å². The van der Waals surface area contributed by atoms with Gasteiger partial charge in [0.05, 0.1) is 15.7 Å². The molecule has 11 heteroatoms.